The summed E-state index contributed by atoms with van der Waals surface area (Å²) in [7, 11) is -1.42. The van der Waals surface area contributed by atoms with Crippen molar-refractivity contribution in [2.75, 3.05) is 30.4 Å². The Bertz CT molecular complexity index is 1030. The zero-order chi connectivity index (χ0) is 21.3. The minimum absolute atomic E-state index is 0.284. The van der Waals surface area contributed by atoms with Crippen LogP contribution in [0.15, 0.2) is 41.4 Å². The number of benzene rings is 1. The number of carbonyl (C=O) groups is 1. The third kappa shape index (κ3) is 3.99. The smallest absolute Gasteiger partial charge is 0.252 e. The first kappa shape index (κ1) is 20.6. The molecule has 1 aromatic carbocycles. The van der Waals surface area contributed by atoms with Gasteiger partial charge < -0.3 is 16.0 Å². The molecule has 30 heavy (non-hydrogen) atoms. The second-order valence-electron chi connectivity index (χ2n) is 7.91. The van der Waals surface area contributed by atoms with Gasteiger partial charge in [0.25, 0.3) is 5.91 Å². The molecule has 0 unspecified atom stereocenters. The molecule has 4 rings (SSSR count). The van der Waals surface area contributed by atoms with Crippen molar-refractivity contribution in [1.82, 2.24) is 9.29 Å². The highest BCUT2D eigenvalue weighted by Gasteiger charge is 2.29. The van der Waals surface area contributed by atoms with Gasteiger partial charge in [0, 0.05) is 44.1 Å². The number of amides is 1. The fourth-order valence-corrected chi connectivity index (χ4v) is 5.53. The molecule has 0 spiro atoms. The van der Waals surface area contributed by atoms with Gasteiger partial charge in [0.1, 0.15) is 5.82 Å². The third-order valence-electron chi connectivity index (χ3n) is 5.98. The minimum Gasteiger partial charge on any atom is -0.371 e. The van der Waals surface area contributed by atoms with Crippen molar-refractivity contribution in [2.45, 2.75) is 43.0 Å². The molecule has 1 amide bonds. The summed E-state index contributed by atoms with van der Waals surface area (Å²) in [5, 5.41) is 3.19. The van der Waals surface area contributed by atoms with Gasteiger partial charge in [-0.2, -0.15) is 4.31 Å². The largest absolute Gasteiger partial charge is 0.371 e. The fourth-order valence-electron chi connectivity index (χ4n) is 4.02. The second kappa shape index (κ2) is 8.23. The molecule has 8 nitrogen and oxygen atoms in total. The van der Waals surface area contributed by atoms with E-state index in [2.05, 4.69) is 15.2 Å². The van der Waals surface area contributed by atoms with Crippen molar-refractivity contribution in [2.24, 2.45) is 5.73 Å². The number of primary amides is 1. The van der Waals surface area contributed by atoms with Gasteiger partial charge in [0.05, 0.1) is 16.1 Å². The Labute approximate surface area is 177 Å². The Hall–Kier alpha value is -2.65. The van der Waals surface area contributed by atoms with Gasteiger partial charge in [-0.15, -0.1) is 0 Å². The highest BCUT2D eigenvalue weighted by Crippen LogP contribution is 2.31. The number of hydrogen-bond donors (Lipinski definition) is 2. The molecule has 0 atom stereocenters. The molecule has 2 aliphatic rings. The summed E-state index contributed by atoms with van der Waals surface area (Å²) in [5.74, 6) is 0.0626. The van der Waals surface area contributed by atoms with Crippen LogP contribution in [0.25, 0.3) is 0 Å². The summed E-state index contributed by atoms with van der Waals surface area (Å²) in [5.41, 5.74) is 7.43. The number of sulfonamides is 1. The number of nitrogens with two attached hydrogens (primary N) is 1. The van der Waals surface area contributed by atoms with E-state index in [1.807, 2.05) is 13.1 Å². The van der Waals surface area contributed by atoms with Crippen molar-refractivity contribution in [3.63, 3.8) is 0 Å². The predicted octanol–water partition coefficient (Wildman–Crippen LogP) is 2.70. The number of nitrogens with one attached hydrogen (secondary N) is 1. The van der Waals surface area contributed by atoms with Crippen molar-refractivity contribution in [3.05, 3.63) is 42.1 Å². The number of aromatic nitrogens is 1. The van der Waals surface area contributed by atoms with Gasteiger partial charge in [-0.25, -0.2) is 13.4 Å². The number of hydrogen-bond acceptors (Lipinski definition) is 6. The van der Waals surface area contributed by atoms with Crippen LogP contribution in [0, 0.1) is 0 Å². The quantitative estimate of drug-likeness (QED) is 0.700. The Morgan fingerprint density at radius 1 is 1.17 bits per heavy atom. The van der Waals surface area contributed by atoms with Crippen LogP contribution < -0.4 is 16.0 Å². The molecule has 1 aromatic heterocycles. The van der Waals surface area contributed by atoms with Gasteiger partial charge in [0.2, 0.25) is 10.0 Å². The summed E-state index contributed by atoms with van der Waals surface area (Å²) in [4.78, 5) is 18.6. The molecule has 2 aromatic rings. The van der Waals surface area contributed by atoms with E-state index < -0.39 is 15.9 Å². The number of anilines is 3. The van der Waals surface area contributed by atoms with Crippen LogP contribution in [0.5, 0.6) is 0 Å². The lowest BCUT2D eigenvalue weighted by molar-refractivity contribution is 0.100. The molecular formula is C21H27N5O3S. The average Bonchev–Trinajstić information content (AvgIpc) is 3.20. The highest BCUT2D eigenvalue weighted by atomic mass is 32.2. The Morgan fingerprint density at radius 3 is 2.40 bits per heavy atom. The first-order chi connectivity index (χ1) is 14.4. The van der Waals surface area contributed by atoms with Crippen LogP contribution in [-0.2, 0) is 10.0 Å². The maximum atomic E-state index is 12.5. The van der Waals surface area contributed by atoms with Crippen LogP contribution in [-0.4, -0.2) is 49.8 Å². The van der Waals surface area contributed by atoms with E-state index in [0.717, 1.165) is 24.9 Å². The molecule has 2 heterocycles. The Kier molecular flexibility index (Phi) is 5.66. The number of nitrogens with zero attached hydrogens (tertiary/aromatic N) is 3. The van der Waals surface area contributed by atoms with E-state index in [4.69, 9.17) is 5.73 Å². The SMILES string of the molecule is CN(c1cc(Nc2ccc(S(=O)(=O)N3CCC3)cc2)ncc1C(N)=O)C1CCCC1. The molecule has 0 bridgehead atoms. The van der Waals surface area contributed by atoms with Crippen molar-refractivity contribution < 1.29 is 13.2 Å². The Balaban J connectivity index is 1.55. The molecule has 3 N–H and O–H groups in total. The summed E-state index contributed by atoms with van der Waals surface area (Å²) >= 11 is 0. The molecule has 1 aliphatic carbocycles. The maximum Gasteiger partial charge on any atom is 0.252 e. The molecule has 160 valence electrons. The number of rotatable bonds is 7. The summed E-state index contributed by atoms with van der Waals surface area (Å²) < 4.78 is 26.4. The fraction of sp³-hybridized carbons (Fsp3) is 0.429. The van der Waals surface area contributed by atoms with Crippen molar-refractivity contribution in [3.8, 4) is 0 Å². The normalized spacial score (nSPS) is 17.5. The van der Waals surface area contributed by atoms with E-state index in [1.165, 1.54) is 23.3 Å². The predicted molar refractivity (Wildman–Crippen MR) is 117 cm³/mol. The molecule has 2 fully saturated rings. The highest BCUT2D eigenvalue weighted by molar-refractivity contribution is 7.89. The lowest BCUT2D eigenvalue weighted by Crippen LogP contribution is -2.41. The molecule has 1 aliphatic heterocycles. The zero-order valence-corrected chi connectivity index (χ0v) is 17.9. The van der Waals surface area contributed by atoms with Gasteiger partial charge in [-0.05, 0) is 43.5 Å². The molecule has 9 heteroatoms. The standard InChI is InChI=1S/C21H27N5O3S/c1-25(16-5-2-3-6-16)19-13-20(23-14-18(19)21(22)27)24-15-7-9-17(10-8-15)30(28,29)26-11-4-12-26/h7-10,13-14,16H,2-6,11-12H2,1H3,(H2,22,27)(H,23,24). The minimum atomic E-state index is -3.40. The van der Waals surface area contributed by atoms with Gasteiger partial charge in [-0.3, -0.25) is 4.79 Å². The third-order valence-corrected chi connectivity index (χ3v) is 7.89. The topological polar surface area (TPSA) is 109 Å². The van der Waals surface area contributed by atoms with Crippen molar-refractivity contribution in [1.29, 1.82) is 0 Å². The van der Waals surface area contributed by atoms with Crippen LogP contribution >= 0.6 is 0 Å². The summed E-state index contributed by atoms with van der Waals surface area (Å²) in [6.45, 7) is 1.16. The van der Waals surface area contributed by atoms with E-state index in [1.54, 1.807) is 24.3 Å². The summed E-state index contributed by atoms with van der Waals surface area (Å²) in [6.07, 6.45) is 6.95. The molecule has 1 saturated carbocycles. The zero-order valence-electron chi connectivity index (χ0n) is 17.0. The number of carbonyl (C=O) groups excluding carboxylic acids is 1. The average molecular weight is 430 g/mol. The van der Waals surface area contributed by atoms with E-state index >= 15 is 0 Å². The molecular weight excluding hydrogens is 402 g/mol. The molecule has 1 saturated heterocycles. The first-order valence-electron chi connectivity index (χ1n) is 10.3. The van der Waals surface area contributed by atoms with Crippen LogP contribution in [0.4, 0.5) is 17.2 Å². The van der Waals surface area contributed by atoms with E-state index in [0.29, 0.717) is 36.2 Å². The van der Waals surface area contributed by atoms with Crippen LogP contribution in [0.1, 0.15) is 42.5 Å². The first-order valence-corrected chi connectivity index (χ1v) is 11.7. The van der Waals surface area contributed by atoms with Gasteiger partial charge >= 0.3 is 0 Å². The Morgan fingerprint density at radius 2 is 1.83 bits per heavy atom. The number of pyridine rings is 1. The second-order valence-corrected chi connectivity index (χ2v) is 9.85. The van der Waals surface area contributed by atoms with E-state index in [-0.39, 0.29) is 4.90 Å². The van der Waals surface area contributed by atoms with Crippen molar-refractivity contribution >= 4 is 33.1 Å². The molecule has 0 radical (unpaired) electrons. The van der Waals surface area contributed by atoms with Crippen LogP contribution in [0.3, 0.4) is 0 Å². The van der Waals surface area contributed by atoms with E-state index in [9.17, 15) is 13.2 Å². The summed E-state index contributed by atoms with van der Waals surface area (Å²) in [6, 6.07) is 8.83. The lowest BCUT2D eigenvalue weighted by Gasteiger charge is -2.29. The lowest BCUT2D eigenvalue weighted by atomic mass is 10.1. The maximum absolute atomic E-state index is 12.5. The van der Waals surface area contributed by atoms with Gasteiger partial charge in [0.15, 0.2) is 0 Å². The van der Waals surface area contributed by atoms with Gasteiger partial charge in [-0.1, -0.05) is 12.8 Å². The monoisotopic (exact) mass is 429 g/mol. The van der Waals surface area contributed by atoms with Crippen LogP contribution in [0.2, 0.25) is 0 Å².